The predicted octanol–water partition coefficient (Wildman–Crippen LogP) is 1.31. The number of aryl methyl sites for hydroxylation is 1. The van der Waals surface area contributed by atoms with Crippen LogP contribution < -0.4 is 4.90 Å². The summed E-state index contributed by atoms with van der Waals surface area (Å²) in [4.78, 5) is 6.27. The first-order chi connectivity index (χ1) is 11.0. The summed E-state index contributed by atoms with van der Waals surface area (Å²) < 4.78 is 1.81. The van der Waals surface area contributed by atoms with Crippen LogP contribution in [-0.2, 0) is 13.5 Å². The number of aromatic nitrogens is 4. The standard InChI is InChI=1S/C15H17ClN6O/c1-21-10-18-20-14(21)7-15(23)5-2-6-22(9-15)13-4-3-11(16)12(8-17)19-13/h3-4,10,23H,2,5-7,9H2,1H3. The van der Waals surface area contributed by atoms with Crippen LogP contribution in [0.4, 0.5) is 5.82 Å². The van der Waals surface area contributed by atoms with E-state index >= 15 is 0 Å². The van der Waals surface area contributed by atoms with Gasteiger partial charge in [0.15, 0.2) is 5.69 Å². The molecule has 0 saturated carbocycles. The quantitative estimate of drug-likeness (QED) is 0.911. The van der Waals surface area contributed by atoms with Crippen molar-refractivity contribution in [3.63, 3.8) is 0 Å². The molecule has 1 aliphatic heterocycles. The van der Waals surface area contributed by atoms with Crippen molar-refractivity contribution in [3.05, 3.63) is 35.0 Å². The monoisotopic (exact) mass is 332 g/mol. The van der Waals surface area contributed by atoms with Crippen molar-refractivity contribution in [3.8, 4) is 6.07 Å². The lowest BCUT2D eigenvalue weighted by molar-refractivity contribution is 0.0236. The molecule has 0 bridgehead atoms. The summed E-state index contributed by atoms with van der Waals surface area (Å²) in [6.45, 7) is 1.21. The van der Waals surface area contributed by atoms with Crippen molar-refractivity contribution >= 4 is 17.4 Å². The van der Waals surface area contributed by atoms with Crippen LogP contribution in [-0.4, -0.2) is 43.5 Å². The first-order valence-electron chi connectivity index (χ1n) is 7.38. The number of β-amino-alcohol motifs (C(OH)–C–C–N with tert-alkyl or cyclic N) is 1. The van der Waals surface area contributed by atoms with E-state index in [0.29, 0.717) is 30.2 Å². The van der Waals surface area contributed by atoms with Crippen LogP contribution >= 0.6 is 11.6 Å². The minimum Gasteiger partial charge on any atom is -0.388 e. The number of hydrogen-bond donors (Lipinski definition) is 1. The van der Waals surface area contributed by atoms with E-state index in [2.05, 4.69) is 15.2 Å². The molecule has 1 fully saturated rings. The van der Waals surface area contributed by atoms with Gasteiger partial charge in [0.05, 0.1) is 10.6 Å². The molecule has 0 aliphatic carbocycles. The zero-order valence-corrected chi connectivity index (χ0v) is 13.5. The summed E-state index contributed by atoms with van der Waals surface area (Å²) in [5, 5.41) is 28.2. The van der Waals surface area contributed by atoms with Gasteiger partial charge >= 0.3 is 0 Å². The topological polar surface area (TPSA) is 90.9 Å². The van der Waals surface area contributed by atoms with E-state index in [1.165, 1.54) is 0 Å². The predicted molar refractivity (Wildman–Crippen MR) is 85.1 cm³/mol. The SMILES string of the molecule is Cn1cnnc1CC1(O)CCCN(c2ccc(Cl)c(C#N)n2)C1. The van der Waals surface area contributed by atoms with E-state index in [9.17, 15) is 5.11 Å². The molecule has 0 aromatic carbocycles. The normalized spacial score (nSPS) is 21.2. The summed E-state index contributed by atoms with van der Waals surface area (Å²) in [6, 6.07) is 5.43. The van der Waals surface area contributed by atoms with Crippen molar-refractivity contribution in [2.24, 2.45) is 7.05 Å². The third kappa shape index (κ3) is 3.28. The molecule has 1 aliphatic rings. The maximum atomic E-state index is 10.9. The van der Waals surface area contributed by atoms with Gasteiger partial charge in [-0.1, -0.05) is 11.6 Å². The number of nitrogens with zero attached hydrogens (tertiary/aromatic N) is 6. The fourth-order valence-electron chi connectivity index (χ4n) is 2.90. The third-order valence-electron chi connectivity index (χ3n) is 4.11. The molecule has 8 heteroatoms. The molecule has 1 N–H and O–H groups in total. The Morgan fingerprint density at radius 3 is 3.00 bits per heavy atom. The lowest BCUT2D eigenvalue weighted by Crippen LogP contribution is -2.50. The maximum Gasteiger partial charge on any atom is 0.161 e. The van der Waals surface area contributed by atoms with Crippen molar-refractivity contribution in [1.82, 2.24) is 19.7 Å². The van der Waals surface area contributed by atoms with Gasteiger partial charge in [-0.2, -0.15) is 5.26 Å². The Morgan fingerprint density at radius 2 is 2.30 bits per heavy atom. The Morgan fingerprint density at radius 1 is 1.48 bits per heavy atom. The average molecular weight is 333 g/mol. The number of anilines is 1. The van der Waals surface area contributed by atoms with Gasteiger partial charge in [0.25, 0.3) is 0 Å². The number of hydrogen-bond acceptors (Lipinski definition) is 6. The smallest absolute Gasteiger partial charge is 0.161 e. The molecule has 1 unspecified atom stereocenters. The van der Waals surface area contributed by atoms with Crippen LogP contribution in [0.1, 0.15) is 24.4 Å². The van der Waals surface area contributed by atoms with E-state index in [1.54, 1.807) is 18.5 Å². The molecule has 2 aromatic heterocycles. The third-order valence-corrected chi connectivity index (χ3v) is 4.41. The lowest BCUT2D eigenvalue weighted by atomic mass is 9.89. The largest absolute Gasteiger partial charge is 0.388 e. The van der Waals surface area contributed by atoms with Crippen LogP contribution in [0.15, 0.2) is 18.5 Å². The molecule has 1 atom stereocenters. The highest BCUT2D eigenvalue weighted by molar-refractivity contribution is 6.31. The molecule has 3 rings (SSSR count). The second kappa shape index (κ2) is 6.14. The van der Waals surface area contributed by atoms with E-state index in [-0.39, 0.29) is 5.69 Å². The molecular weight excluding hydrogens is 316 g/mol. The van der Waals surface area contributed by atoms with Gasteiger partial charge in [0.2, 0.25) is 0 Å². The maximum absolute atomic E-state index is 10.9. The highest BCUT2D eigenvalue weighted by Gasteiger charge is 2.35. The summed E-state index contributed by atoms with van der Waals surface area (Å²) in [5.41, 5.74) is -0.695. The van der Waals surface area contributed by atoms with Gasteiger partial charge in [-0.3, -0.25) is 0 Å². The Labute approximate surface area is 139 Å². The van der Waals surface area contributed by atoms with Crippen LogP contribution in [0.3, 0.4) is 0 Å². The first kappa shape index (κ1) is 15.7. The molecule has 2 aromatic rings. The first-order valence-corrected chi connectivity index (χ1v) is 7.75. The molecule has 7 nitrogen and oxygen atoms in total. The van der Waals surface area contributed by atoms with Crippen LogP contribution in [0.5, 0.6) is 0 Å². The highest BCUT2D eigenvalue weighted by Crippen LogP contribution is 2.28. The Balaban J connectivity index is 1.80. The van der Waals surface area contributed by atoms with E-state index in [4.69, 9.17) is 16.9 Å². The van der Waals surface area contributed by atoms with E-state index in [1.807, 2.05) is 22.6 Å². The number of nitriles is 1. The fraction of sp³-hybridized carbons (Fsp3) is 0.467. The summed E-state index contributed by atoms with van der Waals surface area (Å²) in [7, 11) is 1.86. The summed E-state index contributed by atoms with van der Waals surface area (Å²) in [5.74, 6) is 1.40. The van der Waals surface area contributed by atoms with Gasteiger partial charge in [-0.15, -0.1) is 10.2 Å². The van der Waals surface area contributed by atoms with E-state index in [0.717, 1.165) is 18.8 Å². The van der Waals surface area contributed by atoms with E-state index < -0.39 is 5.60 Å². The number of halogens is 1. The molecule has 1 saturated heterocycles. The lowest BCUT2D eigenvalue weighted by Gasteiger charge is -2.39. The summed E-state index contributed by atoms with van der Waals surface area (Å²) >= 11 is 5.93. The number of aliphatic hydroxyl groups is 1. The molecule has 3 heterocycles. The second-order valence-corrected chi connectivity index (χ2v) is 6.30. The molecular formula is C15H17ClN6O. The van der Waals surface area contributed by atoms with Crippen molar-refractivity contribution in [2.45, 2.75) is 24.9 Å². The average Bonchev–Trinajstić information content (AvgIpc) is 2.92. The van der Waals surface area contributed by atoms with Crippen LogP contribution in [0.2, 0.25) is 5.02 Å². The Kier molecular flexibility index (Phi) is 4.20. The van der Waals surface area contributed by atoms with Crippen molar-refractivity contribution in [2.75, 3.05) is 18.0 Å². The minimum absolute atomic E-state index is 0.201. The number of rotatable bonds is 3. The molecule has 120 valence electrons. The molecule has 0 amide bonds. The molecule has 0 spiro atoms. The van der Waals surface area contributed by atoms with Gasteiger partial charge in [0.1, 0.15) is 24.0 Å². The fourth-order valence-corrected chi connectivity index (χ4v) is 3.05. The summed E-state index contributed by atoms with van der Waals surface area (Å²) in [6.07, 6.45) is 3.58. The van der Waals surface area contributed by atoms with Gasteiger partial charge in [-0.05, 0) is 25.0 Å². The van der Waals surface area contributed by atoms with Gasteiger partial charge < -0.3 is 14.6 Å². The number of piperidine rings is 1. The Hall–Kier alpha value is -2.17. The molecule has 0 radical (unpaired) electrons. The number of pyridine rings is 1. The molecule has 23 heavy (non-hydrogen) atoms. The zero-order valence-electron chi connectivity index (χ0n) is 12.8. The van der Waals surface area contributed by atoms with Gasteiger partial charge in [0, 0.05) is 26.6 Å². The van der Waals surface area contributed by atoms with Crippen molar-refractivity contribution < 1.29 is 5.11 Å². The van der Waals surface area contributed by atoms with Crippen molar-refractivity contribution in [1.29, 1.82) is 5.26 Å². The van der Waals surface area contributed by atoms with Gasteiger partial charge in [-0.25, -0.2) is 4.98 Å². The van der Waals surface area contributed by atoms with Crippen LogP contribution in [0, 0.1) is 11.3 Å². The van der Waals surface area contributed by atoms with Crippen LogP contribution in [0.25, 0.3) is 0 Å². The zero-order chi connectivity index (χ0) is 16.4. The minimum atomic E-state index is -0.896. The highest BCUT2D eigenvalue weighted by atomic mass is 35.5. The Bertz CT molecular complexity index is 755. The second-order valence-electron chi connectivity index (χ2n) is 5.90.